The maximum Gasteiger partial charge on any atom is 0.204 e. The van der Waals surface area contributed by atoms with Gasteiger partial charge in [0.25, 0.3) is 0 Å². The summed E-state index contributed by atoms with van der Waals surface area (Å²) in [5, 5.41) is 16.0. The molecular weight excluding hydrogens is 238 g/mol. The molecule has 0 unspecified atom stereocenters. The molecule has 5 heteroatoms. The first-order valence-electron chi connectivity index (χ1n) is 6.69. The molecule has 0 spiro atoms. The van der Waals surface area contributed by atoms with Crippen molar-refractivity contribution < 1.29 is 0 Å². The average Bonchev–Trinajstić information content (AvgIpc) is 2.88. The standard InChI is InChI=1S/C14H21N5/c1-4-14(2,3)15-10-11-19-17-13(16-18-19)12-8-6-5-7-9-12/h5-9,15H,4,10-11H2,1-3H3. The summed E-state index contributed by atoms with van der Waals surface area (Å²) in [5.41, 5.74) is 1.15. The van der Waals surface area contributed by atoms with Crippen LogP contribution < -0.4 is 5.32 Å². The predicted molar refractivity (Wildman–Crippen MR) is 75.6 cm³/mol. The molecule has 0 aliphatic heterocycles. The van der Waals surface area contributed by atoms with Crippen LogP contribution in [-0.2, 0) is 6.54 Å². The van der Waals surface area contributed by atoms with Gasteiger partial charge in [-0.15, -0.1) is 10.2 Å². The van der Waals surface area contributed by atoms with Gasteiger partial charge in [-0.05, 0) is 25.5 Å². The molecule has 2 rings (SSSR count). The maximum atomic E-state index is 4.38. The quantitative estimate of drug-likeness (QED) is 0.863. The van der Waals surface area contributed by atoms with E-state index in [9.17, 15) is 0 Å². The van der Waals surface area contributed by atoms with Crippen LogP contribution in [0.25, 0.3) is 11.4 Å². The van der Waals surface area contributed by atoms with E-state index in [1.807, 2.05) is 30.3 Å². The van der Waals surface area contributed by atoms with Gasteiger partial charge in [0.15, 0.2) is 0 Å². The van der Waals surface area contributed by atoms with Crippen molar-refractivity contribution in [3.05, 3.63) is 30.3 Å². The molecule has 0 fully saturated rings. The summed E-state index contributed by atoms with van der Waals surface area (Å²) < 4.78 is 0. The number of rotatable bonds is 6. The van der Waals surface area contributed by atoms with Crippen molar-refractivity contribution in [2.24, 2.45) is 0 Å². The number of benzene rings is 1. The van der Waals surface area contributed by atoms with E-state index < -0.39 is 0 Å². The number of aromatic nitrogens is 4. The fourth-order valence-corrected chi connectivity index (χ4v) is 1.66. The topological polar surface area (TPSA) is 55.6 Å². The number of hydrogen-bond acceptors (Lipinski definition) is 4. The fourth-order valence-electron chi connectivity index (χ4n) is 1.66. The van der Waals surface area contributed by atoms with Crippen molar-refractivity contribution in [3.63, 3.8) is 0 Å². The van der Waals surface area contributed by atoms with Gasteiger partial charge in [0.1, 0.15) is 0 Å². The van der Waals surface area contributed by atoms with Crippen LogP contribution in [0.2, 0.25) is 0 Å². The molecule has 1 aromatic carbocycles. The molecule has 1 aromatic heterocycles. The van der Waals surface area contributed by atoms with Crippen LogP contribution in [0.3, 0.4) is 0 Å². The first-order chi connectivity index (χ1) is 9.11. The van der Waals surface area contributed by atoms with Crippen LogP contribution in [0.4, 0.5) is 0 Å². The van der Waals surface area contributed by atoms with Crippen molar-refractivity contribution in [1.29, 1.82) is 0 Å². The van der Waals surface area contributed by atoms with Gasteiger partial charge in [-0.25, -0.2) is 0 Å². The average molecular weight is 259 g/mol. The Morgan fingerprint density at radius 3 is 2.63 bits per heavy atom. The molecule has 1 heterocycles. The van der Waals surface area contributed by atoms with E-state index in [1.165, 1.54) is 0 Å². The second kappa shape index (κ2) is 5.93. The van der Waals surface area contributed by atoms with Crippen LogP contribution >= 0.6 is 0 Å². The lowest BCUT2D eigenvalue weighted by Gasteiger charge is -2.24. The molecule has 0 aliphatic carbocycles. The maximum absolute atomic E-state index is 4.38. The molecular formula is C14H21N5. The van der Waals surface area contributed by atoms with Crippen molar-refractivity contribution in [3.8, 4) is 11.4 Å². The predicted octanol–water partition coefficient (Wildman–Crippen LogP) is 2.12. The van der Waals surface area contributed by atoms with E-state index in [-0.39, 0.29) is 5.54 Å². The summed E-state index contributed by atoms with van der Waals surface area (Å²) in [6.07, 6.45) is 1.09. The Hall–Kier alpha value is -1.75. The third-order valence-electron chi connectivity index (χ3n) is 3.28. The van der Waals surface area contributed by atoms with Gasteiger partial charge in [-0.3, -0.25) is 0 Å². The molecule has 0 saturated heterocycles. The Bertz CT molecular complexity index is 504. The van der Waals surface area contributed by atoms with Gasteiger partial charge >= 0.3 is 0 Å². The molecule has 0 aliphatic rings. The Labute approximate surface area is 114 Å². The van der Waals surface area contributed by atoms with Gasteiger partial charge in [0.2, 0.25) is 5.82 Å². The largest absolute Gasteiger partial charge is 0.310 e. The van der Waals surface area contributed by atoms with E-state index in [0.717, 1.165) is 25.1 Å². The van der Waals surface area contributed by atoms with Crippen molar-refractivity contribution in [1.82, 2.24) is 25.5 Å². The highest BCUT2D eigenvalue weighted by Gasteiger charge is 2.13. The number of nitrogens with one attached hydrogen (secondary N) is 1. The third-order valence-corrected chi connectivity index (χ3v) is 3.28. The van der Waals surface area contributed by atoms with Crippen molar-refractivity contribution in [2.75, 3.05) is 6.54 Å². The number of hydrogen-bond donors (Lipinski definition) is 1. The molecule has 0 saturated carbocycles. The Morgan fingerprint density at radius 2 is 1.95 bits per heavy atom. The molecule has 5 nitrogen and oxygen atoms in total. The Balaban J connectivity index is 1.92. The monoisotopic (exact) mass is 259 g/mol. The van der Waals surface area contributed by atoms with Gasteiger partial charge in [-0.1, -0.05) is 37.3 Å². The molecule has 0 atom stereocenters. The summed E-state index contributed by atoms with van der Waals surface area (Å²) in [5.74, 6) is 0.676. The lowest BCUT2D eigenvalue weighted by molar-refractivity contribution is 0.354. The highest BCUT2D eigenvalue weighted by molar-refractivity contribution is 5.52. The summed E-state index contributed by atoms with van der Waals surface area (Å²) in [6.45, 7) is 8.12. The van der Waals surface area contributed by atoms with Crippen molar-refractivity contribution in [2.45, 2.75) is 39.3 Å². The molecule has 2 aromatic rings. The Kier molecular flexibility index (Phi) is 4.27. The zero-order valence-corrected chi connectivity index (χ0v) is 11.8. The summed E-state index contributed by atoms with van der Waals surface area (Å²) >= 11 is 0. The van der Waals surface area contributed by atoms with E-state index in [1.54, 1.807) is 4.80 Å². The minimum absolute atomic E-state index is 0.156. The highest BCUT2D eigenvalue weighted by Crippen LogP contribution is 2.11. The molecule has 0 bridgehead atoms. The number of tetrazole rings is 1. The number of nitrogens with zero attached hydrogens (tertiary/aromatic N) is 4. The normalized spacial score (nSPS) is 11.7. The third kappa shape index (κ3) is 3.86. The zero-order valence-electron chi connectivity index (χ0n) is 11.8. The van der Waals surface area contributed by atoms with Gasteiger partial charge in [-0.2, -0.15) is 4.80 Å². The molecule has 1 N–H and O–H groups in total. The second-order valence-corrected chi connectivity index (χ2v) is 5.24. The first kappa shape index (κ1) is 13.7. The van der Waals surface area contributed by atoms with Crippen LogP contribution in [-0.4, -0.2) is 32.3 Å². The van der Waals surface area contributed by atoms with E-state index in [0.29, 0.717) is 5.82 Å². The van der Waals surface area contributed by atoms with Gasteiger partial charge < -0.3 is 5.32 Å². The fraction of sp³-hybridized carbons (Fsp3) is 0.500. The Morgan fingerprint density at radius 1 is 1.21 bits per heavy atom. The second-order valence-electron chi connectivity index (χ2n) is 5.24. The zero-order chi connectivity index (χ0) is 13.7. The summed E-state index contributed by atoms with van der Waals surface area (Å²) in [7, 11) is 0. The summed E-state index contributed by atoms with van der Waals surface area (Å²) in [4.78, 5) is 1.64. The van der Waals surface area contributed by atoms with Gasteiger partial charge in [0, 0.05) is 17.6 Å². The first-order valence-corrected chi connectivity index (χ1v) is 6.69. The molecule has 102 valence electrons. The molecule has 0 amide bonds. The molecule has 0 radical (unpaired) electrons. The molecule has 19 heavy (non-hydrogen) atoms. The van der Waals surface area contributed by atoms with E-state index in [4.69, 9.17) is 0 Å². The van der Waals surface area contributed by atoms with Gasteiger partial charge in [0.05, 0.1) is 6.54 Å². The van der Waals surface area contributed by atoms with E-state index in [2.05, 4.69) is 41.5 Å². The minimum Gasteiger partial charge on any atom is -0.310 e. The van der Waals surface area contributed by atoms with Crippen LogP contribution in [0.5, 0.6) is 0 Å². The van der Waals surface area contributed by atoms with Crippen LogP contribution in [0, 0.1) is 0 Å². The lowest BCUT2D eigenvalue weighted by Crippen LogP contribution is -2.40. The smallest absolute Gasteiger partial charge is 0.204 e. The summed E-state index contributed by atoms with van der Waals surface area (Å²) in [6, 6.07) is 9.90. The van der Waals surface area contributed by atoms with Crippen LogP contribution in [0.1, 0.15) is 27.2 Å². The minimum atomic E-state index is 0.156. The van der Waals surface area contributed by atoms with Crippen LogP contribution in [0.15, 0.2) is 30.3 Å². The SMILES string of the molecule is CCC(C)(C)NCCn1nnc(-c2ccccc2)n1. The lowest BCUT2D eigenvalue weighted by atomic mass is 10.0. The highest BCUT2D eigenvalue weighted by atomic mass is 15.6. The van der Waals surface area contributed by atoms with E-state index >= 15 is 0 Å². The van der Waals surface area contributed by atoms with Crippen molar-refractivity contribution >= 4 is 0 Å².